The summed E-state index contributed by atoms with van der Waals surface area (Å²) in [5.74, 6) is 0. The maximum absolute atomic E-state index is 13.4. The lowest BCUT2D eigenvalue weighted by molar-refractivity contribution is -0.138. The minimum atomic E-state index is -4.64. The van der Waals surface area contributed by atoms with Crippen molar-refractivity contribution in [2.75, 3.05) is 0 Å². The Hall–Kier alpha value is -6.12. The predicted octanol–water partition coefficient (Wildman–Crippen LogP) is 5.23. The van der Waals surface area contributed by atoms with Crippen molar-refractivity contribution in [3.8, 4) is 46.5 Å². The summed E-state index contributed by atoms with van der Waals surface area (Å²) in [6, 6.07) is 15.1. The van der Waals surface area contributed by atoms with Crippen LogP contribution < -0.4 is 11.0 Å². The summed E-state index contributed by atoms with van der Waals surface area (Å²) in [6.07, 6.45) is -9.28. The number of fused-ring (bicyclic) bond motifs is 2. The maximum Gasteiger partial charge on any atom is 0.416 e. The second-order valence-electron chi connectivity index (χ2n) is 9.48. The Bertz CT molecular complexity index is 2100. The Morgan fingerprint density at radius 3 is 1.11 bits per heavy atom. The molecule has 8 nitrogen and oxygen atoms in total. The molecule has 0 saturated heterocycles. The number of hydrogen-bond acceptors (Lipinski definition) is 6. The number of imidazole rings is 2. The molecular weight excluding hydrogens is 586 g/mol. The maximum atomic E-state index is 13.4. The van der Waals surface area contributed by atoms with Crippen molar-refractivity contribution in [3.63, 3.8) is 0 Å². The monoisotopic (exact) mass is 600 g/mol. The molecule has 0 aliphatic carbocycles. The summed E-state index contributed by atoms with van der Waals surface area (Å²) >= 11 is 0. The van der Waals surface area contributed by atoms with Gasteiger partial charge in [0.2, 0.25) is 0 Å². The Morgan fingerprint density at radius 2 is 0.864 bits per heavy atom. The predicted molar refractivity (Wildman–Crippen MR) is 144 cm³/mol. The zero-order valence-electron chi connectivity index (χ0n) is 22.5. The van der Waals surface area contributed by atoms with E-state index in [0.29, 0.717) is 0 Å². The van der Waals surface area contributed by atoms with Crippen molar-refractivity contribution in [1.82, 2.24) is 19.1 Å². The van der Waals surface area contributed by atoms with Crippen LogP contribution in [0.5, 0.6) is 0 Å². The first-order valence-corrected chi connectivity index (χ1v) is 12.4. The molecule has 3 aromatic carbocycles. The molecule has 0 fully saturated rings. The highest BCUT2D eigenvalue weighted by Crippen LogP contribution is 2.43. The molecule has 0 N–H and O–H groups in total. The van der Waals surface area contributed by atoms with Gasteiger partial charge in [0.1, 0.15) is 24.3 Å². The molecular formula is C30H14F6N8. The van der Waals surface area contributed by atoms with E-state index in [1.54, 1.807) is 24.3 Å². The molecule has 0 unspecified atom stereocenters. The van der Waals surface area contributed by atoms with E-state index in [0.717, 1.165) is 24.3 Å². The normalized spacial score (nSPS) is 11.5. The molecule has 5 rings (SSSR count). The smallest absolute Gasteiger partial charge is 0.325 e. The number of hydrogen-bond donors (Lipinski definition) is 0. The molecule has 14 heteroatoms. The largest absolute Gasteiger partial charge is 0.416 e. The summed E-state index contributed by atoms with van der Waals surface area (Å²) in [5.41, 5.74) is -1.56. The minimum absolute atomic E-state index is 0.0812. The molecule has 5 aromatic rings. The van der Waals surface area contributed by atoms with Gasteiger partial charge in [-0.2, -0.15) is 47.4 Å². The van der Waals surface area contributed by atoms with E-state index in [1.807, 2.05) is 0 Å². The van der Waals surface area contributed by atoms with Gasteiger partial charge in [0.15, 0.2) is 22.1 Å². The second kappa shape index (κ2) is 10.3. The van der Waals surface area contributed by atoms with Gasteiger partial charge in [-0.3, -0.25) is 0 Å². The van der Waals surface area contributed by atoms with Crippen molar-refractivity contribution in [2.24, 2.45) is 14.1 Å². The number of alkyl halides is 6. The molecule has 0 saturated carbocycles. The van der Waals surface area contributed by atoms with E-state index >= 15 is 0 Å². The van der Waals surface area contributed by atoms with Crippen molar-refractivity contribution in [1.29, 1.82) is 21.0 Å². The van der Waals surface area contributed by atoms with Crippen LogP contribution in [0.15, 0.2) is 48.5 Å². The number of nitrogens with zero attached hydrogens (tertiary/aromatic N) is 8. The van der Waals surface area contributed by atoms with Crippen LogP contribution in [-0.2, 0) is 26.4 Å². The molecule has 44 heavy (non-hydrogen) atoms. The fourth-order valence-electron chi connectivity index (χ4n) is 5.04. The standard InChI is InChI=1S/C30H14F6N8/c1-43-25-21(15-3-7-19(8-4-15)29(31,32)33)24-26(44(2)28(42-24)18(13-39)14-40)22(23(25)41-27(43)17(11-37)12-38)16-5-9-20(10-6-16)30(34,35)36/h3-10H,1-2H3. The van der Waals surface area contributed by atoms with Gasteiger partial charge in [0, 0.05) is 25.2 Å². The van der Waals surface area contributed by atoms with Gasteiger partial charge in [-0.05, 0) is 35.4 Å². The molecule has 2 heterocycles. The Labute approximate surface area is 243 Å². The van der Waals surface area contributed by atoms with Crippen LogP contribution in [0.25, 0.3) is 55.5 Å². The molecule has 2 aromatic heterocycles. The first-order chi connectivity index (χ1) is 20.8. The minimum Gasteiger partial charge on any atom is -0.325 e. The van der Waals surface area contributed by atoms with Crippen LogP contribution in [0.4, 0.5) is 26.3 Å². The van der Waals surface area contributed by atoms with E-state index < -0.39 is 34.6 Å². The molecule has 0 spiro atoms. The lowest BCUT2D eigenvalue weighted by Gasteiger charge is -2.15. The molecule has 216 valence electrons. The van der Waals surface area contributed by atoms with E-state index in [1.165, 1.54) is 47.5 Å². The summed E-state index contributed by atoms with van der Waals surface area (Å²) in [7, 11) is 2.92. The highest BCUT2D eigenvalue weighted by atomic mass is 19.4. The van der Waals surface area contributed by atoms with Gasteiger partial charge in [0.25, 0.3) is 0 Å². The van der Waals surface area contributed by atoms with Crippen molar-refractivity contribution < 1.29 is 26.3 Å². The third-order valence-electron chi connectivity index (χ3n) is 7.03. The van der Waals surface area contributed by atoms with Crippen molar-refractivity contribution in [2.45, 2.75) is 12.4 Å². The number of nitriles is 4. The lowest BCUT2D eigenvalue weighted by atomic mass is 9.94. The lowest BCUT2D eigenvalue weighted by Crippen LogP contribution is -2.18. The van der Waals surface area contributed by atoms with Crippen LogP contribution in [0.3, 0.4) is 0 Å². The number of aryl methyl sites for hydroxylation is 2. The zero-order valence-corrected chi connectivity index (χ0v) is 22.5. The van der Waals surface area contributed by atoms with Gasteiger partial charge in [0.05, 0.1) is 33.2 Å². The molecule has 0 aliphatic rings. The molecule has 0 aliphatic heterocycles. The fourth-order valence-corrected chi connectivity index (χ4v) is 5.04. The summed E-state index contributed by atoms with van der Waals surface area (Å²) in [4.78, 5) is 9.06. The number of rotatable bonds is 2. The summed E-state index contributed by atoms with van der Waals surface area (Å²) in [6.45, 7) is 0. The highest BCUT2D eigenvalue weighted by Gasteiger charge is 2.32. The average Bonchev–Trinajstić information content (AvgIpc) is 3.49. The first-order valence-electron chi connectivity index (χ1n) is 12.4. The van der Waals surface area contributed by atoms with Crippen LogP contribution in [0, 0.1) is 45.3 Å². The van der Waals surface area contributed by atoms with E-state index in [-0.39, 0.29) is 55.3 Å². The quantitative estimate of drug-likeness (QED) is 0.255. The van der Waals surface area contributed by atoms with Crippen LogP contribution >= 0.6 is 0 Å². The number of halogens is 6. The zero-order chi connectivity index (χ0) is 32.1. The van der Waals surface area contributed by atoms with Gasteiger partial charge in [-0.15, -0.1) is 0 Å². The van der Waals surface area contributed by atoms with E-state index in [4.69, 9.17) is 0 Å². The average molecular weight is 600 g/mol. The van der Waals surface area contributed by atoms with Gasteiger partial charge >= 0.3 is 12.4 Å². The van der Waals surface area contributed by atoms with Gasteiger partial charge in [-0.1, -0.05) is 24.3 Å². The number of benzene rings is 3. The van der Waals surface area contributed by atoms with E-state index in [9.17, 15) is 47.4 Å². The van der Waals surface area contributed by atoms with Crippen LogP contribution in [0.1, 0.15) is 11.1 Å². The Kier molecular flexibility index (Phi) is 6.88. The molecule has 0 radical (unpaired) electrons. The first kappa shape index (κ1) is 29.4. The van der Waals surface area contributed by atoms with E-state index in [2.05, 4.69) is 9.97 Å². The molecule has 0 atom stereocenters. The van der Waals surface area contributed by atoms with Crippen molar-refractivity contribution in [3.05, 3.63) is 70.6 Å². The second-order valence-corrected chi connectivity index (χ2v) is 9.48. The molecule has 0 bridgehead atoms. The summed E-state index contributed by atoms with van der Waals surface area (Å²) < 4.78 is 83.1. The third kappa shape index (κ3) is 4.56. The van der Waals surface area contributed by atoms with Gasteiger partial charge in [-0.25, -0.2) is 9.97 Å². The summed E-state index contributed by atoms with van der Waals surface area (Å²) in [5, 5.41) is 38.4. The fraction of sp³-hybridized carbons (Fsp3) is 0.133. The van der Waals surface area contributed by atoms with Gasteiger partial charge < -0.3 is 9.13 Å². The van der Waals surface area contributed by atoms with Crippen molar-refractivity contribution >= 4 is 33.2 Å². The highest BCUT2D eigenvalue weighted by molar-refractivity contribution is 6.17. The SMILES string of the molecule is Cn1c(=C(C#N)C#N)nc2c(-c3ccc(C(F)(F)F)cc3)c3c(nc(=C(C#N)C#N)n3C)c(-c3ccc(C(F)(F)F)cc3)c21. The Morgan fingerprint density at radius 1 is 0.568 bits per heavy atom. The molecule has 0 amide bonds. The third-order valence-corrected chi connectivity index (χ3v) is 7.03. The van der Waals surface area contributed by atoms with Crippen LogP contribution in [-0.4, -0.2) is 19.1 Å². The number of aromatic nitrogens is 4. The topological polar surface area (TPSA) is 131 Å². The van der Waals surface area contributed by atoms with Crippen LogP contribution in [0.2, 0.25) is 0 Å². The Balaban J connectivity index is 2.09.